The van der Waals surface area contributed by atoms with Crippen molar-refractivity contribution in [3.05, 3.63) is 17.5 Å². The van der Waals surface area contributed by atoms with E-state index < -0.39 is 0 Å². The van der Waals surface area contributed by atoms with Crippen LogP contribution in [-0.4, -0.2) is 15.3 Å². The summed E-state index contributed by atoms with van der Waals surface area (Å²) in [6.07, 6.45) is 4.35. The van der Waals surface area contributed by atoms with Crippen molar-refractivity contribution in [2.24, 2.45) is 5.73 Å². The van der Waals surface area contributed by atoms with Crippen molar-refractivity contribution < 1.29 is 0 Å². The smallest absolute Gasteiger partial charge is 0.0624 e. The van der Waals surface area contributed by atoms with Gasteiger partial charge in [-0.05, 0) is 32.3 Å². The van der Waals surface area contributed by atoms with Crippen LogP contribution in [0.1, 0.15) is 38.1 Å². The predicted molar refractivity (Wildman–Crippen MR) is 57.1 cm³/mol. The maximum absolute atomic E-state index is 6.11. The molecule has 1 aromatic rings. The molecule has 0 amide bonds. The van der Waals surface area contributed by atoms with Crippen LogP contribution in [0.5, 0.6) is 0 Å². The van der Waals surface area contributed by atoms with Gasteiger partial charge in [0.2, 0.25) is 0 Å². The molecule has 0 spiro atoms. The monoisotopic (exact) mass is 193 g/mol. The van der Waals surface area contributed by atoms with Gasteiger partial charge in [-0.3, -0.25) is 4.68 Å². The summed E-state index contributed by atoms with van der Waals surface area (Å²) in [5.41, 5.74) is 8.70. The van der Waals surface area contributed by atoms with Crippen LogP contribution in [0.25, 0.3) is 0 Å². The van der Waals surface area contributed by atoms with Gasteiger partial charge in [-0.25, -0.2) is 0 Å². The van der Waals surface area contributed by atoms with Gasteiger partial charge in [0.05, 0.1) is 5.69 Å². The fourth-order valence-electron chi connectivity index (χ4n) is 1.80. The van der Waals surface area contributed by atoms with E-state index in [1.165, 1.54) is 24.2 Å². The first-order chi connectivity index (χ1) is 6.67. The van der Waals surface area contributed by atoms with Crippen LogP contribution in [0, 0.1) is 0 Å². The highest BCUT2D eigenvalue weighted by Crippen LogP contribution is 2.35. The Hall–Kier alpha value is -0.830. The molecule has 0 unspecified atom stereocenters. The molecule has 0 radical (unpaired) electrons. The van der Waals surface area contributed by atoms with Crippen LogP contribution >= 0.6 is 0 Å². The molecule has 0 bridgehead atoms. The lowest BCUT2D eigenvalue weighted by molar-refractivity contribution is 0.570. The second kappa shape index (κ2) is 3.39. The molecule has 2 rings (SSSR count). The molecule has 0 aromatic carbocycles. The van der Waals surface area contributed by atoms with E-state index >= 15 is 0 Å². The van der Waals surface area contributed by atoms with Crippen LogP contribution in [0.4, 0.5) is 0 Å². The Balaban J connectivity index is 2.17. The molecule has 0 atom stereocenters. The average molecular weight is 193 g/mol. The molecular formula is C11H19N3. The van der Waals surface area contributed by atoms with Gasteiger partial charge in [0.25, 0.3) is 0 Å². The van der Waals surface area contributed by atoms with Gasteiger partial charge in [-0.15, -0.1) is 0 Å². The molecule has 0 saturated heterocycles. The van der Waals surface area contributed by atoms with Crippen molar-refractivity contribution in [1.82, 2.24) is 9.78 Å². The first-order valence-corrected chi connectivity index (χ1v) is 5.51. The van der Waals surface area contributed by atoms with Crippen LogP contribution in [0.2, 0.25) is 0 Å². The van der Waals surface area contributed by atoms with E-state index in [0.717, 1.165) is 19.4 Å². The molecule has 1 aliphatic carbocycles. The highest BCUT2D eigenvalue weighted by atomic mass is 15.3. The van der Waals surface area contributed by atoms with Gasteiger partial charge in [-0.2, -0.15) is 5.10 Å². The van der Waals surface area contributed by atoms with Gasteiger partial charge in [0, 0.05) is 24.2 Å². The first kappa shape index (κ1) is 9.71. The van der Waals surface area contributed by atoms with Crippen LogP contribution < -0.4 is 5.73 Å². The second-order valence-electron chi connectivity index (χ2n) is 4.34. The molecule has 3 heteroatoms. The van der Waals surface area contributed by atoms with Crippen molar-refractivity contribution in [2.75, 3.05) is 0 Å². The van der Waals surface area contributed by atoms with Crippen molar-refractivity contribution in [2.45, 2.75) is 51.6 Å². The molecule has 14 heavy (non-hydrogen) atoms. The third-order valence-electron chi connectivity index (χ3n) is 3.00. The number of rotatable bonds is 4. The zero-order valence-corrected chi connectivity index (χ0v) is 9.08. The summed E-state index contributed by atoms with van der Waals surface area (Å²) in [7, 11) is 0. The highest BCUT2D eigenvalue weighted by Gasteiger charge is 2.38. The standard InChI is InChI=1S/C11H19N3/c1-3-9-7-10(14(4-2)13-9)8-11(12)5-6-11/h7H,3-6,8,12H2,1-2H3. The zero-order chi connectivity index (χ0) is 10.2. The van der Waals surface area contributed by atoms with Gasteiger partial charge in [-0.1, -0.05) is 6.92 Å². The highest BCUT2D eigenvalue weighted by molar-refractivity contribution is 5.17. The summed E-state index contributed by atoms with van der Waals surface area (Å²) in [4.78, 5) is 0. The van der Waals surface area contributed by atoms with Crippen molar-refractivity contribution in [3.63, 3.8) is 0 Å². The third-order valence-corrected chi connectivity index (χ3v) is 3.00. The molecule has 1 saturated carbocycles. The predicted octanol–water partition coefficient (Wildman–Crippen LogP) is 1.50. The second-order valence-corrected chi connectivity index (χ2v) is 4.34. The van der Waals surface area contributed by atoms with E-state index in [1.54, 1.807) is 0 Å². The Bertz CT molecular complexity index is 323. The van der Waals surface area contributed by atoms with E-state index in [-0.39, 0.29) is 5.54 Å². The summed E-state index contributed by atoms with van der Waals surface area (Å²) in [5, 5.41) is 4.52. The maximum Gasteiger partial charge on any atom is 0.0624 e. The fourth-order valence-corrected chi connectivity index (χ4v) is 1.80. The lowest BCUT2D eigenvalue weighted by Crippen LogP contribution is -2.26. The van der Waals surface area contributed by atoms with Crippen LogP contribution in [0.3, 0.4) is 0 Å². The Morgan fingerprint density at radius 2 is 2.21 bits per heavy atom. The van der Waals surface area contributed by atoms with Crippen molar-refractivity contribution >= 4 is 0 Å². The zero-order valence-electron chi connectivity index (χ0n) is 9.08. The average Bonchev–Trinajstić information content (AvgIpc) is 2.77. The van der Waals surface area contributed by atoms with Gasteiger partial charge < -0.3 is 5.73 Å². The van der Waals surface area contributed by atoms with E-state index in [9.17, 15) is 0 Å². The molecule has 78 valence electrons. The number of nitrogens with two attached hydrogens (primary N) is 1. The number of hydrogen-bond acceptors (Lipinski definition) is 2. The van der Waals surface area contributed by atoms with Gasteiger partial charge in [0.15, 0.2) is 0 Å². The number of aryl methyl sites for hydroxylation is 2. The minimum Gasteiger partial charge on any atom is -0.325 e. The van der Waals surface area contributed by atoms with Crippen LogP contribution in [0.15, 0.2) is 6.07 Å². The largest absolute Gasteiger partial charge is 0.325 e. The lowest BCUT2D eigenvalue weighted by Gasteiger charge is -2.09. The summed E-state index contributed by atoms with van der Waals surface area (Å²) < 4.78 is 2.09. The van der Waals surface area contributed by atoms with E-state index in [2.05, 4.69) is 29.7 Å². The number of hydrogen-bond donors (Lipinski definition) is 1. The summed E-state index contributed by atoms with van der Waals surface area (Å²) in [6, 6.07) is 2.20. The normalized spacial score (nSPS) is 18.5. The minimum absolute atomic E-state index is 0.0952. The van der Waals surface area contributed by atoms with Crippen molar-refractivity contribution in [1.29, 1.82) is 0 Å². The lowest BCUT2D eigenvalue weighted by atomic mass is 10.1. The van der Waals surface area contributed by atoms with E-state index in [1.807, 2.05) is 0 Å². The Morgan fingerprint density at radius 3 is 2.71 bits per heavy atom. The van der Waals surface area contributed by atoms with Gasteiger partial charge >= 0.3 is 0 Å². The first-order valence-electron chi connectivity index (χ1n) is 5.51. The van der Waals surface area contributed by atoms with E-state index in [0.29, 0.717) is 0 Å². The SMILES string of the molecule is CCc1cc(CC2(N)CC2)n(CC)n1. The summed E-state index contributed by atoms with van der Waals surface area (Å²) in [5.74, 6) is 0. The molecule has 1 aliphatic rings. The molecular weight excluding hydrogens is 174 g/mol. The Morgan fingerprint density at radius 1 is 1.50 bits per heavy atom. The van der Waals surface area contributed by atoms with E-state index in [4.69, 9.17) is 5.73 Å². The Labute approximate surface area is 85.3 Å². The number of aromatic nitrogens is 2. The van der Waals surface area contributed by atoms with Crippen molar-refractivity contribution in [3.8, 4) is 0 Å². The topological polar surface area (TPSA) is 43.8 Å². The Kier molecular flexibility index (Phi) is 2.35. The third kappa shape index (κ3) is 1.82. The molecule has 3 nitrogen and oxygen atoms in total. The molecule has 1 aromatic heterocycles. The molecule has 0 aliphatic heterocycles. The summed E-state index contributed by atoms with van der Waals surface area (Å²) >= 11 is 0. The maximum atomic E-state index is 6.11. The molecule has 1 fully saturated rings. The van der Waals surface area contributed by atoms with Crippen LogP contribution in [-0.2, 0) is 19.4 Å². The quantitative estimate of drug-likeness (QED) is 0.787. The fraction of sp³-hybridized carbons (Fsp3) is 0.727. The summed E-state index contributed by atoms with van der Waals surface area (Å²) in [6.45, 7) is 5.22. The minimum atomic E-state index is 0.0952. The molecule has 2 N–H and O–H groups in total. The van der Waals surface area contributed by atoms with Gasteiger partial charge in [0.1, 0.15) is 0 Å². The number of nitrogens with zero attached hydrogens (tertiary/aromatic N) is 2. The molecule has 1 heterocycles.